The second-order valence-electron chi connectivity index (χ2n) is 34.2. The number of aryl methyl sites for hydroxylation is 2. The normalized spacial score (nSPS) is 13.4. The van der Waals surface area contributed by atoms with Crippen molar-refractivity contribution >= 4 is 43.7 Å². The Labute approximate surface area is 679 Å². The molecule has 3 aliphatic carbocycles. The number of rotatable bonds is 13. The van der Waals surface area contributed by atoms with Gasteiger partial charge in [-0.15, -0.1) is 11.3 Å². The van der Waals surface area contributed by atoms with Crippen LogP contribution < -0.4 is 0 Å². The fourth-order valence-corrected chi connectivity index (χ4v) is 18.1. The van der Waals surface area contributed by atoms with E-state index < -0.39 is 0 Å². The minimum Gasteiger partial charge on any atom is -0.469 e. The molecule has 12 aromatic carbocycles. The van der Waals surface area contributed by atoms with Crippen LogP contribution in [0.3, 0.4) is 0 Å². The molecule has 0 N–H and O–H groups in total. The topological polar surface area (TPSA) is 13.1 Å². The van der Waals surface area contributed by atoms with Crippen LogP contribution in [-0.2, 0) is 29.1 Å². The Bertz CT molecular complexity index is 5020. The van der Waals surface area contributed by atoms with E-state index in [4.69, 9.17) is 4.42 Å². The second kappa shape index (κ2) is 38.8. The second-order valence-corrected chi connectivity index (χ2v) is 35.1. The molecule has 14 aromatic rings. The molecule has 1 saturated carbocycles. The number of benzene rings is 12. The molecule has 0 radical (unpaired) electrons. The highest BCUT2D eigenvalue weighted by Gasteiger charge is 2.41. The summed E-state index contributed by atoms with van der Waals surface area (Å²) in [7, 11) is 0. The van der Waals surface area contributed by atoms with Gasteiger partial charge in [0.2, 0.25) is 0 Å². The van der Waals surface area contributed by atoms with Gasteiger partial charge in [-0.25, -0.2) is 0 Å². The van der Waals surface area contributed by atoms with Crippen LogP contribution in [0.25, 0.3) is 43.4 Å². The van der Waals surface area contributed by atoms with Gasteiger partial charge >= 0.3 is 0 Å². The first-order valence-corrected chi connectivity index (χ1v) is 43.1. The van der Waals surface area contributed by atoms with E-state index in [1.54, 1.807) is 23.0 Å². The van der Waals surface area contributed by atoms with Gasteiger partial charge in [0.15, 0.2) is 0 Å². The molecule has 0 aliphatic heterocycles. The van der Waals surface area contributed by atoms with Crippen LogP contribution in [0.4, 0.5) is 0 Å². The van der Waals surface area contributed by atoms with Crippen molar-refractivity contribution in [1.29, 1.82) is 0 Å². The van der Waals surface area contributed by atoms with E-state index >= 15 is 0 Å². The smallest absolute Gasteiger partial charge is 0.106 e. The molecule has 1 nitrogen and oxygen atoms in total. The summed E-state index contributed by atoms with van der Waals surface area (Å²) >= 11 is 1.83. The zero-order valence-corrected chi connectivity index (χ0v) is 71.4. The van der Waals surface area contributed by atoms with Crippen molar-refractivity contribution in [3.05, 3.63) is 391 Å². The third kappa shape index (κ3) is 19.4. The molecule has 112 heavy (non-hydrogen) atoms. The summed E-state index contributed by atoms with van der Waals surface area (Å²) in [5.41, 5.74) is 23.1. The number of hydrogen-bond donors (Lipinski definition) is 0. The summed E-state index contributed by atoms with van der Waals surface area (Å²) < 4.78 is 5.09. The molecule has 0 unspecified atom stereocenters. The first-order valence-electron chi connectivity index (χ1n) is 42.2. The highest BCUT2D eigenvalue weighted by atomic mass is 32.1. The SMILES string of the molecule is CC(C)(C)c1ccc2c3c(cccc13)CC2.CC(C)c1cc2ccccc2c2ccccc12.CC(C)c1ccc(C(c2ccccc2)(c2ccccc2)c2ccccc2)cc1.CC(C)c1ccc(C2CCCCC2)cc1.CC(C)c1ccco1.CC(C)c1cccs1.CCC1(CC)c2ccccc2-c2cc(C(C)C)ccc21. The Kier molecular flexibility index (Phi) is 28.8. The van der Waals surface area contributed by atoms with Crippen LogP contribution in [0.15, 0.2) is 307 Å². The van der Waals surface area contributed by atoms with Crippen LogP contribution in [0.5, 0.6) is 0 Å². The van der Waals surface area contributed by atoms with Gasteiger partial charge in [0, 0.05) is 16.2 Å². The number of furan rings is 1. The van der Waals surface area contributed by atoms with Gasteiger partial charge in [0.1, 0.15) is 5.76 Å². The lowest BCUT2D eigenvalue weighted by Crippen LogP contribution is -2.31. The fourth-order valence-electron chi connectivity index (χ4n) is 17.3. The van der Waals surface area contributed by atoms with Crippen molar-refractivity contribution in [2.24, 2.45) is 0 Å². The number of hydrogen-bond acceptors (Lipinski definition) is 2. The van der Waals surface area contributed by atoms with Crippen molar-refractivity contribution in [2.45, 2.75) is 233 Å². The molecule has 2 heteroatoms. The monoisotopic (exact) mass is 1490 g/mol. The van der Waals surface area contributed by atoms with E-state index in [1.807, 2.05) is 23.5 Å². The molecule has 0 bridgehead atoms. The molecule has 2 aromatic heterocycles. The standard InChI is InChI=1S/C28H26.C20H24.C17H16.C16H18.C15H22.C7H10O.C7H10S/c1-22(2)23-18-20-27(21-19-23)28(24-12-6-3-7-13-24,25-14-8-4-9-15-25)26-16-10-5-11-17-26;1-5-20(6-2)18-10-8-7-9-16(18)17-13-15(14(3)4)11-12-19(17)20;1-12(2)17-11-13-7-3-4-8-14(13)15-9-5-6-10-16(15)17;1-16(2,3)14-10-9-12-8-7-11-5-4-6-13(14)15(11)12;1-12(2)13-8-10-15(11-9-13)14-6-4-3-5-7-14;2*1-6(2)7-4-3-5-8-7/h3-22H,1-2H3;7-14H,5-6H2,1-4H3;3-12H,1-2H3;4-6,9-10H,7-8H2,1-3H3;8-12,14H,3-7H2,1-2H3;2*3-6H,1-2H3. The van der Waals surface area contributed by atoms with Crippen LogP contribution in [0, 0.1) is 0 Å². The van der Waals surface area contributed by atoms with E-state index in [9.17, 15) is 0 Å². The van der Waals surface area contributed by atoms with E-state index in [1.165, 1.54) is 167 Å². The predicted molar refractivity (Wildman–Crippen MR) is 489 cm³/mol. The molecule has 578 valence electrons. The molecule has 0 atom stereocenters. The molecule has 0 saturated heterocycles. The third-order valence-corrected chi connectivity index (χ3v) is 25.0. The largest absolute Gasteiger partial charge is 0.469 e. The van der Waals surface area contributed by atoms with Gasteiger partial charge in [-0.3, -0.25) is 0 Å². The van der Waals surface area contributed by atoms with Gasteiger partial charge < -0.3 is 4.42 Å². The lowest BCUT2D eigenvalue weighted by Gasteiger charge is -2.37. The number of fused-ring (bicyclic) bond motifs is 6. The van der Waals surface area contributed by atoms with Crippen molar-refractivity contribution in [3.63, 3.8) is 0 Å². The summed E-state index contributed by atoms with van der Waals surface area (Å²) in [6.07, 6.45) is 13.6. The molecular weight excluding hydrogens is 1370 g/mol. The van der Waals surface area contributed by atoms with Crippen LogP contribution in [0.1, 0.15) is 293 Å². The quantitative estimate of drug-likeness (QED) is 0.0828. The van der Waals surface area contributed by atoms with E-state index in [0.717, 1.165) is 11.7 Å². The molecular formula is C110H126OS. The minimum absolute atomic E-state index is 0.224. The molecule has 17 rings (SSSR count). The van der Waals surface area contributed by atoms with Gasteiger partial charge in [0.05, 0.1) is 11.7 Å². The van der Waals surface area contributed by atoms with Crippen molar-refractivity contribution in [1.82, 2.24) is 0 Å². The molecule has 0 spiro atoms. The first-order chi connectivity index (χ1) is 54.1. The highest BCUT2D eigenvalue weighted by Crippen LogP contribution is 2.53. The zero-order valence-electron chi connectivity index (χ0n) is 70.6. The maximum Gasteiger partial charge on any atom is 0.106 e. The molecule has 2 heterocycles. The summed E-state index contributed by atoms with van der Waals surface area (Å²) in [6.45, 7) is 38.3. The van der Waals surface area contributed by atoms with Crippen LogP contribution >= 0.6 is 11.3 Å². The summed E-state index contributed by atoms with van der Waals surface area (Å²) in [5, 5.41) is 10.6. The van der Waals surface area contributed by atoms with Crippen molar-refractivity contribution in [2.75, 3.05) is 0 Å². The molecule has 0 amide bonds. The Hall–Kier alpha value is -9.60. The Balaban J connectivity index is 0.000000134. The third-order valence-electron chi connectivity index (χ3n) is 23.8. The average Bonchev–Trinajstić information content (AvgIpc) is 1.42. The maximum absolute atomic E-state index is 5.09. The highest BCUT2D eigenvalue weighted by molar-refractivity contribution is 7.10. The Morgan fingerprint density at radius 2 is 0.884 bits per heavy atom. The van der Waals surface area contributed by atoms with Crippen molar-refractivity contribution < 1.29 is 4.42 Å². The molecule has 1 fully saturated rings. The lowest BCUT2D eigenvalue weighted by atomic mass is 9.65. The predicted octanol–water partition coefficient (Wildman–Crippen LogP) is 32.6. The van der Waals surface area contributed by atoms with E-state index in [2.05, 4.69) is 402 Å². The molecule has 3 aliphatic rings. The van der Waals surface area contributed by atoms with Gasteiger partial charge in [0.25, 0.3) is 0 Å². The summed E-state index contributed by atoms with van der Waals surface area (Å²) in [6, 6.07) is 107. The Morgan fingerprint density at radius 1 is 0.384 bits per heavy atom. The first kappa shape index (κ1) is 83.3. The van der Waals surface area contributed by atoms with E-state index in [0.29, 0.717) is 35.5 Å². The number of thiophene rings is 1. The minimum atomic E-state index is -0.348. The fraction of sp³-hybridized carbons (Fsp3) is 0.327. The van der Waals surface area contributed by atoms with Gasteiger partial charge in [-0.1, -0.05) is 410 Å². The summed E-state index contributed by atoms with van der Waals surface area (Å²) in [5.74, 6) is 5.46. The lowest BCUT2D eigenvalue weighted by molar-refractivity contribution is 0.443. The summed E-state index contributed by atoms with van der Waals surface area (Å²) in [4.78, 5) is 1.48. The van der Waals surface area contributed by atoms with Gasteiger partial charge in [-0.05, 0) is 224 Å². The maximum atomic E-state index is 5.09. The van der Waals surface area contributed by atoms with Gasteiger partial charge in [-0.2, -0.15) is 0 Å². The van der Waals surface area contributed by atoms with E-state index in [-0.39, 0.29) is 16.2 Å². The van der Waals surface area contributed by atoms with Crippen LogP contribution in [-0.4, -0.2) is 0 Å². The van der Waals surface area contributed by atoms with Crippen molar-refractivity contribution in [3.8, 4) is 11.1 Å². The van der Waals surface area contributed by atoms with Crippen LogP contribution in [0.2, 0.25) is 0 Å². The Morgan fingerprint density at radius 3 is 1.38 bits per heavy atom. The zero-order chi connectivity index (χ0) is 79.5. The average molecular weight is 1500 g/mol.